The molecule has 0 N–H and O–H groups in total. The van der Waals surface area contributed by atoms with Gasteiger partial charge in [-0.1, -0.05) is 40.2 Å². The molecule has 1 aromatic heterocycles. The van der Waals surface area contributed by atoms with E-state index in [0.717, 1.165) is 15.6 Å². The van der Waals surface area contributed by atoms with Crippen molar-refractivity contribution in [3.05, 3.63) is 82.1 Å². The van der Waals surface area contributed by atoms with Crippen LogP contribution in [0.1, 0.15) is 23.6 Å². The molecule has 0 unspecified atom stereocenters. The molecule has 0 saturated heterocycles. The number of benzene rings is 2. The van der Waals surface area contributed by atoms with Crippen LogP contribution in [0, 0.1) is 11.3 Å². The Bertz CT molecular complexity index is 993. The number of hydrogen-bond donors (Lipinski definition) is 0. The standard InChI is InChI=1S/C21H18BrN3O3/c1-15(28-20-5-3-2-4-18(20)10-23)21(26)27-14-17-11-24-25(13-17)12-16-6-8-19(22)9-7-16/h2-9,11,13,15H,12,14H2,1H3/t15-/m0/s1. The molecule has 0 aliphatic carbocycles. The van der Waals surface area contributed by atoms with Crippen molar-refractivity contribution in [2.75, 3.05) is 0 Å². The molecule has 142 valence electrons. The van der Waals surface area contributed by atoms with E-state index in [0.29, 0.717) is 17.9 Å². The van der Waals surface area contributed by atoms with E-state index in [-0.39, 0.29) is 6.61 Å². The number of aromatic nitrogens is 2. The van der Waals surface area contributed by atoms with E-state index < -0.39 is 12.1 Å². The van der Waals surface area contributed by atoms with Gasteiger partial charge in [0.05, 0.1) is 18.3 Å². The number of carbonyl (C=O) groups excluding carboxylic acids is 1. The second-order valence-corrected chi connectivity index (χ2v) is 7.06. The Kier molecular flexibility index (Phi) is 6.45. The highest BCUT2D eigenvalue weighted by Crippen LogP contribution is 2.18. The summed E-state index contributed by atoms with van der Waals surface area (Å²) in [4.78, 5) is 12.2. The van der Waals surface area contributed by atoms with Crippen molar-refractivity contribution in [3.8, 4) is 11.8 Å². The number of esters is 1. The molecule has 1 heterocycles. The zero-order valence-electron chi connectivity index (χ0n) is 15.2. The van der Waals surface area contributed by atoms with Crippen LogP contribution in [-0.2, 0) is 22.7 Å². The summed E-state index contributed by atoms with van der Waals surface area (Å²) in [5, 5.41) is 13.4. The van der Waals surface area contributed by atoms with E-state index >= 15 is 0 Å². The van der Waals surface area contributed by atoms with Gasteiger partial charge in [0.2, 0.25) is 0 Å². The number of nitrogens with zero attached hydrogens (tertiary/aromatic N) is 3. The van der Waals surface area contributed by atoms with Crippen LogP contribution in [0.25, 0.3) is 0 Å². The minimum absolute atomic E-state index is 0.104. The third-order valence-electron chi connectivity index (χ3n) is 3.97. The first kappa shape index (κ1) is 19.6. The highest BCUT2D eigenvalue weighted by molar-refractivity contribution is 9.10. The van der Waals surface area contributed by atoms with Gasteiger partial charge in [-0.2, -0.15) is 10.4 Å². The normalized spacial score (nSPS) is 11.5. The molecular weight excluding hydrogens is 422 g/mol. The van der Waals surface area contributed by atoms with Gasteiger partial charge in [0.15, 0.2) is 6.10 Å². The average Bonchev–Trinajstić information content (AvgIpc) is 3.15. The van der Waals surface area contributed by atoms with E-state index in [1.807, 2.05) is 36.5 Å². The summed E-state index contributed by atoms with van der Waals surface area (Å²) in [6.45, 7) is 2.33. The lowest BCUT2D eigenvalue weighted by atomic mass is 10.2. The number of ether oxygens (including phenoxy) is 2. The molecule has 28 heavy (non-hydrogen) atoms. The van der Waals surface area contributed by atoms with Crippen molar-refractivity contribution in [1.82, 2.24) is 9.78 Å². The quantitative estimate of drug-likeness (QED) is 0.518. The molecular formula is C21H18BrN3O3. The lowest BCUT2D eigenvalue weighted by molar-refractivity contribution is -0.152. The second kappa shape index (κ2) is 9.20. The fourth-order valence-corrected chi connectivity index (χ4v) is 2.78. The van der Waals surface area contributed by atoms with Crippen LogP contribution in [-0.4, -0.2) is 21.9 Å². The fourth-order valence-electron chi connectivity index (χ4n) is 2.52. The van der Waals surface area contributed by atoms with Crippen molar-refractivity contribution in [3.63, 3.8) is 0 Å². The minimum Gasteiger partial charge on any atom is -0.478 e. The molecule has 0 aliphatic rings. The number of para-hydroxylation sites is 1. The zero-order chi connectivity index (χ0) is 19.9. The predicted molar refractivity (Wildman–Crippen MR) is 107 cm³/mol. The Balaban J connectivity index is 1.52. The van der Waals surface area contributed by atoms with E-state index in [2.05, 4.69) is 21.0 Å². The summed E-state index contributed by atoms with van der Waals surface area (Å²) in [7, 11) is 0. The van der Waals surface area contributed by atoms with Crippen LogP contribution in [0.5, 0.6) is 5.75 Å². The molecule has 6 nitrogen and oxygen atoms in total. The van der Waals surface area contributed by atoms with E-state index in [1.165, 1.54) is 0 Å². The fraction of sp³-hybridized carbons (Fsp3) is 0.190. The Hall–Kier alpha value is -3.11. The molecule has 3 aromatic rings. The number of halogens is 1. The monoisotopic (exact) mass is 439 g/mol. The molecule has 7 heteroatoms. The second-order valence-electron chi connectivity index (χ2n) is 6.15. The van der Waals surface area contributed by atoms with Gasteiger partial charge in [-0.3, -0.25) is 4.68 Å². The van der Waals surface area contributed by atoms with Crippen LogP contribution in [0.3, 0.4) is 0 Å². The number of rotatable bonds is 7. The Morgan fingerprint density at radius 1 is 1.21 bits per heavy atom. The van der Waals surface area contributed by atoms with Gasteiger partial charge in [-0.15, -0.1) is 0 Å². The van der Waals surface area contributed by atoms with Crippen molar-refractivity contribution in [1.29, 1.82) is 5.26 Å². The summed E-state index contributed by atoms with van der Waals surface area (Å²) in [5.41, 5.74) is 2.28. The maximum atomic E-state index is 12.2. The highest BCUT2D eigenvalue weighted by atomic mass is 79.9. The van der Waals surface area contributed by atoms with Crippen LogP contribution in [0.2, 0.25) is 0 Å². The number of hydrogen-bond acceptors (Lipinski definition) is 5. The Morgan fingerprint density at radius 2 is 1.96 bits per heavy atom. The molecule has 0 spiro atoms. The van der Waals surface area contributed by atoms with Crippen molar-refractivity contribution >= 4 is 21.9 Å². The summed E-state index contributed by atoms with van der Waals surface area (Å²) >= 11 is 3.41. The Labute approximate surface area is 171 Å². The summed E-state index contributed by atoms with van der Waals surface area (Å²) in [6, 6.07) is 16.8. The van der Waals surface area contributed by atoms with Crippen LogP contribution in [0.4, 0.5) is 0 Å². The molecule has 3 rings (SSSR count). The third kappa shape index (κ3) is 5.21. The predicted octanol–water partition coefficient (Wildman–Crippen LogP) is 4.08. The van der Waals surface area contributed by atoms with Gasteiger partial charge in [0.25, 0.3) is 0 Å². The van der Waals surface area contributed by atoms with Gasteiger partial charge < -0.3 is 9.47 Å². The molecule has 0 fully saturated rings. The first-order chi connectivity index (χ1) is 13.5. The minimum atomic E-state index is -0.827. The molecule has 2 aromatic carbocycles. The number of carbonyl (C=O) groups is 1. The molecule has 1 atom stereocenters. The van der Waals surface area contributed by atoms with Crippen molar-refractivity contribution < 1.29 is 14.3 Å². The van der Waals surface area contributed by atoms with Gasteiger partial charge >= 0.3 is 5.97 Å². The molecule has 0 bridgehead atoms. The van der Waals surface area contributed by atoms with E-state index in [4.69, 9.17) is 14.7 Å². The lowest BCUT2D eigenvalue weighted by Gasteiger charge is -2.14. The molecule has 0 saturated carbocycles. The average molecular weight is 440 g/mol. The largest absolute Gasteiger partial charge is 0.478 e. The third-order valence-corrected chi connectivity index (χ3v) is 4.50. The Morgan fingerprint density at radius 3 is 2.71 bits per heavy atom. The van der Waals surface area contributed by atoms with Gasteiger partial charge in [0, 0.05) is 16.2 Å². The van der Waals surface area contributed by atoms with Gasteiger partial charge in [-0.25, -0.2) is 4.79 Å². The molecule has 0 amide bonds. The molecule has 0 aliphatic heterocycles. The van der Waals surface area contributed by atoms with Gasteiger partial charge in [0.1, 0.15) is 18.4 Å². The highest BCUT2D eigenvalue weighted by Gasteiger charge is 2.18. The summed E-state index contributed by atoms with van der Waals surface area (Å²) in [6.07, 6.45) is 2.68. The van der Waals surface area contributed by atoms with E-state index in [9.17, 15) is 4.79 Å². The van der Waals surface area contributed by atoms with Crippen molar-refractivity contribution in [2.45, 2.75) is 26.2 Å². The van der Waals surface area contributed by atoms with Gasteiger partial charge in [-0.05, 0) is 36.8 Å². The molecule has 0 radical (unpaired) electrons. The van der Waals surface area contributed by atoms with Crippen LogP contribution < -0.4 is 4.74 Å². The zero-order valence-corrected chi connectivity index (χ0v) is 16.8. The summed E-state index contributed by atoms with van der Waals surface area (Å²) < 4.78 is 13.7. The number of nitriles is 1. The SMILES string of the molecule is C[C@H](Oc1ccccc1C#N)C(=O)OCc1cnn(Cc2ccc(Br)cc2)c1. The first-order valence-electron chi connectivity index (χ1n) is 8.63. The first-order valence-corrected chi connectivity index (χ1v) is 9.42. The lowest BCUT2D eigenvalue weighted by Crippen LogP contribution is -2.26. The smallest absolute Gasteiger partial charge is 0.347 e. The van der Waals surface area contributed by atoms with Crippen molar-refractivity contribution in [2.24, 2.45) is 0 Å². The topological polar surface area (TPSA) is 77.1 Å². The maximum Gasteiger partial charge on any atom is 0.347 e. The summed E-state index contributed by atoms with van der Waals surface area (Å²) in [5.74, 6) is -0.148. The van der Waals surface area contributed by atoms with E-state index in [1.54, 1.807) is 42.1 Å². The maximum absolute atomic E-state index is 12.2. The van der Waals surface area contributed by atoms with Crippen LogP contribution >= 0.6 is 15.9 Å². The van der Waals surface area contributed by atoms with Crippen LogP contribution in [0.15, 0.2) is 65.4 Å².